The first-order valence-corrected chi connectivity index (χ1v) is 7.50. The van der Waals surface area contributed by atoms with E-state index in [0.717, 1.165) is 17.4 Å². The van der Waals surface area contributed by atoms with Crippen LogP contribution in [0.2, 0.25) is 0 Å². The van der Waals surface area contributed by atoms with E-state index < -0.39 is 11.9 Å². The van der Waals surface area contributed by atoms with E-state index >= 15 is 0 Å². The first-order chi connectivity index (χ1) is 11.2. The van der Waals surface area contributed by atoms with Gasteiger partial charge in [-0.3, -0.25) is 4.79 Å². The lowest BCUT2D eigenvalue weighted by atomic mass is 9.98. The molecule has 0 saturated carbocycles. The van der Waals surface area contributed by atoms with Gasteiger partial charge in [-0.25, -0.2) is 9.97 Å². The molecule has 1 aliphatic rings. The van der Waals surface area contributed by atoms with Gasteiger partial charge in [-0.2, -0.15) is 0 Å². The second kappa shape index (κ2) is 5.51. The van der Waals surface area contributed by atoms with Crippen LogP contribution in [-0.4, -0.2) is 35.1 Å². The Morgan fingerprint density at radius 1 is 1.35 bits per heavy atom. The van der Waals surface area contributed by atoms with Gasteiger partial charge in [0.15, 0.2) is 11.4 Å². The van der Waals surface area contributed by atoms with Gasteiger partial charge in [0.25, 0.3) is 0 Å². The van der Waals surface area contributed by atoms with Crippen LogP contribution in [0.25, 0.3) is 22.1 Å². The number of amides is 1. The fraction of sp³-hybridized carbons (Fsp3) is 0.312. The van der Waals surface area contributed by atoms with Crippen molar-refractivity contribution < 1.29 is 13.9 Å². The van der Waals surface area contributed by atoms with Crippen LogP contribution in [0.1, 0.15) is 6.42 Å². The molecule has 0 bridgehead atoms. The molecule has 1 fully saturated rings. The van der Waals surface area contributed by atoms with Gasteiger partial charge in [0.05, 0.1) is 6.61 Å². The predicted octanol–water partition coefficient (Wildman–Crippen LogP) is 1.68. The standard InChI is InChI=1S/C16H16N4O3/c17-15(21)12(9-5-6-22-7-9)20-16-14-13(18-8-19-16)10-3-1-2-4-11(10)23-14/h1-4,8-9,12H,5-7H2,(H2,17,21)(H,18,19,20). The van der Waals surface area contributed by atoms with E-state index in [4.69, 9.17) is 14.9 Å². The molecule has 1 aliphatic heterocycles. The summed E-state index contributed by atoms with van der Waals surface area (Å²) in [6.07, 6.45) is 2.24. The molecule has 118 valence electrons. The Morgan fingerprint density at radius 2 is 2.22 bits per heavy atom. The topological polar surface area (TPSA) is 103 Å². The van der Waals surface area contributed by atoms with Crippen molar-refractivity contribution in [2.75, 3.05) is 18.5 Å². The molecule has 0 radical (unpaired) electrons. The number of anilines is 1. The molecule has 23 heavy (non-hydrogen) atoms. The number of benzene rings is 1. The molecule has 2 aromatic heterocycles. The minimum atomic E-state index is -0.552. The number of fused-ring (bicyclic) bond motifs is 3. The number of furan rings is 1. The van der Waals surface area contributed by atoms with Crippen molar-refractivity contribution >= 4 is 33.8 Å². The van der Waals surface area contributed by atoms with E-state index in [1.807, 2.05) is 24.3 Å². The SMILES string of the molecule is NC(=O)C(Nc1ncnc2c1oc1ccccc12)C1CCOC1. The van der Waals surface area contributed by atoms with Gasteiger partial charge in [-0.05, 0) is 18.6 Å². The van der Waals surface area contributed by atoms with Crippen molar-refractivity contribution in [3.8, 4) is 0 Å². The molecule has 1 amide bonds. The van der Waals surface area contributed by atoms with Crippen LogP contribution in [0.4, 0.5) is 5.82 Å². The molecule has 7 heteroatoms. The number of nitrogens with two attached hydrogens (primary N) is 1. The summed E-state index contributed by atoms with van der Waals surface area (Å²) in [7, 11) is 0. The number of ether oxygens (including phenoxy) is 1. The minimum absolute atomic E-state index is 0.0295. The molecule has 1 saturated heterocycles. The second-order valence-corrected chi connectivity index (χ2v) is 5.65. The highest BCUT2D eigenvalue weighted by molar-refractivity contribution is 6.05. The van der Waals surface area contributed by atoms with Crippen molar-refractivity contribution in [3.05, 3.63) is 30.6 Å². The minimum Gasteiger partial charge on any atom is -0.450 e. The van der Waals surface area contributed by atoms with Crippen LogP contribution in [0.15, 0.2) is 35.0 Å². The number of nitrogens with zero attached hydrogens (tertiary/aromatic N) is 2. The highest BCUT2D eigenvalue weighted by Gasteiger charge is 2.31. The Morgan fingerprint density at radius 3 is 3.00 bits per heavy atom. The van der Waals surface area contributed by atoms with Crippen LogP contribution >= 0.6 is 0 Å². The Kier molecular flexibility index (Phi) is 3.34. The zero-order chi connectivity index (χ0) is 15.8. The molecule has 0 aliphatic carbocycles. The molecule has 3 heterocycles. The van der Waals surface area contributed by atoms with Crippen LogP contribution in [-0.2, 0) is 9.53 Å². The third-order valence-corrected chi connectivity index (χ3v) is 4.19. The van der Waals surface area contributed by atoms with E-state index in [0.29, 0.717) is 30.1 Å². The van der Waals surface area contributed by atoms with Gasteiger partial charge >= 0.3 is 0 Å². The van der Waals surface area contributed by atoms with Gasteiger partial charge < -0.3 is 20.2 Å². The van der Waals surface area contributed by atoms with Gasteiger partial charge in [-0.15, -0.1) is 0 Å². The third-order valence-electron chi connectivity index (χ3n) is 4.19. The second-order valence-electron chi connectivity index (χ2n) is 5.65. The maximum atomic E-state index is 11.8. The maximum Gasteiger partial charge on any atom is 0.240 e. The van der Waals surface area contributed by atoms with Crippen molar-refractivity contribution in [2.24, 2.45) is 11.7 Å². The average molecular weight is 312 g/mol. The van der Waals surface area contributed by atoms with Crippen molar-refractivity contribution in [2.45, 2.75) is 12.5 Å². The number of primary amides is 1. The summed E-state index contributed by atoms with van der Waals surface area (Å²) < 4.78 is 11.2. The summed E-state index contributed by atoms with van der Waals surface area (Å²) >= 11 is 0. The largest absolute Gasteiger partial charge is 0.450 e. The Bertz CT molecular complexity index is 870. The molecule has 2 unspecified atom stereocenters. The highest BCUT2D eigenvalue weighted by atomic mass is 16.5. The Balaban J connectivity index is 1.77. The first-order valence-electron chi connectivity index (χ1n) is 7.50. The predicted molar refractivity (Wildman–Crippen MR) is 84.8 cm³/mol. The van der Waals surface area contributed by atoms with E-state index in [2.05, 4.69) is 15.3 Å². The lowest BCUT2D eigenvalue weighted by Crippen LogP contribution is -2.42. The van der Waals surface area contributed by atoms with Gasteiger partial charge in [0, 0.05) is 17.9 Å². The number of carbonyl (C=O) groups excluding carboxylic acids is 1. The maximum absolute atomic E-state index is 11.8. The molecular weight excluding hydrogens is 296 g/mol. The number of nitrogens with one attached hydrogen (secondary N) is 1. The fourth-order valence-electron chi connectivity index (χ4n) is 3.01. The van der Waals surface area contributed by atoms with Gasteiger partial charge in [0.1, 0.15) is 23.5 Å². The number of rotatable bonds is 4. The fourth-order valence-corrected chi connectivity index (χ4v) is 3.01. The van der Waals surface area contributed by atoms with Crippen LogP contribution in [0.3, 0.4) is 0 Å². The van der Waals surface area contributed by atoms with Crippen molar-refractivity contribution in [1.29, 1.82) is 0 Å². The molecule has 4 rings (SSSR count). The quantitative estimate of drug-likeness (QED) is 0.759. The molecule has 7 nitrogen and oxygen atoms in total. The Labute approximate surface area is 131 Å². The zero-order valence-electron chi connectivity index (χ0n) is 12.4. The lowest BCUT2D eigenvalue weighted by molar-refractivity contribution is -0.119. The van der Waals surface area contributed by atoms with E-state index in [1.54, 1.807) is 0 Å². The summed E-state index contributed by atoms with van der Waals surface area (Å²) in [5.41, 5.74) is 7.52. The molecule has 3 N–H and O–H groups in total. The average Bonchev–Trinajstić information content (AvgIpc) is 3.20. The van der Waals surface area contributed by atoms with E-state index in [1.165, 1.54) is 6.33 Å². The summed E-state index contributed by atoms with van der Waals surface area (Å²) in [4.78, 5) is 20.4. The van der Waals surface area contributed by atoms with Crippen LogP contribution in [0.5, 0.6) is 0 Å². The van der Waals surface area contributed by atoms with Crippen LogP contribution in [0, 0.1) is 5.92 Å². The highest BCUT2D eigenvalue weighted by Crippen LogP contribution is 2.31. The number of para-hydroxylation sites is 1. The smallest absolute Gasteiger partial charge is 0.240 e. The van der Waals surface area contributed by atoms with E-state index in [-0.39, 0.29) is 5.92 Å². The monoisotopic (exact) mass is 312 g/mol. The van der Waals surface area contributed by atoms with Crippen LogP contribution < -0.4 is 11.1 Å². The molecule has 3 aromatic rings. The first kappa shape index (κ1) is 14.0. The number of hydrogen-bond acceptors (Lipinski definition) is 6. The molecule has 2 atom stereocenters. The normalized spacial score (nSPS) is 19.2. The van der Waals surface area contributed by atoms with Crippen molar-refractivity contribution in [3.63, 3.8) is 0 Å². The number of hydrogen-bond donors (Lipinski definition) is 2. The summed E-state index contributed by atoms with van der Waals surface area (Å²) in [6, 6.07) is 7.08. The van der Waals surface area contributed by atoms with Crippen molar-refractivity contribution in [1.82, 2.24) is 9.97 Å². The Hall–Kier alpha value is -2.67. The van der Waals surface area contributed by atoms with E-state index in [9.17, 15) is 4.79 Å². The molecular formula is C16H16N4O3. The number of carbonyl (C=O) groups is 1. The molecule has 1 aromatic carbocycles. The lowest BCUT2D eigenvalue weighted by Gasteiger charge is -2.20. The third kappa shape index (κ3) is 2.39. The zero-order valence-corrected chi connectivity index (χ0v) is 12.4. The number of aromatic nitrogens is 2. The summed E-state index contributed by atoms with van der Waals surface area (Å²) in [5.74, 6) is 0.0761. The van der Waals surface area contributed by atoms with Gasteiger partial charge in [-0.1, -0.05) is 12.1 Å². The summed E-state index contributed by atoms with van der Waals surface area (Å²) in [6.45, 7) is 1.15. The van der Waals surface area contributed by atoms with Gasteiger partial charge in [0.2, 0.25) is 5.91 Å². The molecule has 0 spiro atoms. The summed E-state index contributed by atoms with van der Waals surface area (Å²) in [5, 5.41) is 4.03.